The lowest BCUT2D eigenvalue weighted by Gasteiger charge is -2.32. The summed E-state index contributed by atoms with van der Waals surface area (Å²) in [6, 6.07) is 3.19. The van der Waals surface area contributed by atoms with Gasteiger partial charge in [-0.25, -0.2) is 0 Å². The van der Waals surface area contributed by atoms with Crippen molar-refractivity contribution in [3.8, 4) is 5.75 Å². The number of rotatable bonds is 0. The molecule has 0 aromatic heterocycles. The fraction of sp³-hybridized carbons (Fsp3) is 0.364. The van der Waals surface area contributed by atoms with Gasteiger partial charge < -0.3 is 10.5 Å². The van der Waals surface area contributed by atoms with Crippen molar-refractivity contribution in [1.29, 1.82) is 0 Å². The molecule has 0 bridgehead atoms. The van der Waals surface area contributed by atoms with E-state index in [1.165, 1.54) is 0 Å². The van der Waals surface area contributed by atoms with Crippen molar-refractivity contribution < 1.29 is 9.53 Å². The maximum atomic E-state index is 11.8. The average molecular weight is 226 g/mol. The number of ether oxygens (including phenoxy) is 1. The number of anilines is 1. The fourth-order valence-electron chi connectivity index (χ4n) is 1.73. The van der Waals surface area contributed by atoms with Crippen molar-refractivity contribution >= 4 is 23.1 Å². The largest absolute Gasteiger partial charge is 0.484 e. The van der Waals surface area contributed by atoms with Crippen LogP contribution in [0.4, 0.5) is 5.69 Å². The van der Waals surface area contributed by atoms with Gasteiger partial charge in [0.25, 0.3) is 0 Å². The first-order valence-corrected chi connectivity index (χ1v) is 5.08. The second-order valence-electron chi connectivity index (χ2n) is 4.33. The first-order valence-electron chi connectivity index (χ1n) is 4.70. The molecule has 1 aromatic carbocycles. The van der Waals surface area contributed by atoms with Crippen molar-refractivity contribution in [3.05, 3.63) is 22.7 Å². The Labute approximate surface area is 93.2 Å². The quantitative estimate of drug-likeness (QED) is 0.691. The molecule has 0 radical (unpaired) electrons. The van der Waals surface area contributed by atoms with Crippen LogP contribution in [0.5, 0.6) is 5.75 Å². The zero-order valence-electron chi connectivity index (χ0n) is 8.63. The highest BCUT2D eigenvalue weighted by molar-refractivity contribution is 6.31. The number of hydrogen-bond acceptors (Lipinski definition) is 3. The Bertz CT molecular complexity index is 440. The van der Waals surface area contributed by atoms with E-state index in [4.69, 9.17) is 22.1 Å². The molecule has 0 fully saturated rings. The molecule has 4 heteroatoms. The summed E-state index contributed by atoms with van der Waals surface area (Å²) in [5.74, 6) is 0.483. The van der Waals surface area contributed by atoms with Crippen LogP contribution in [0.1, 0.15) is 30.6 Å². The second-order valence-corrected chi connectivity index (χ2v) is 4.77. The van der Waals surface area contributed by atoms with Gasteiger partial charge >= 0.3 is 0 Å². The normalized spacial score (nSPS) is 18.2. The molecule has 0 aliphatic carbocycles. The molecular formula is C11H12ClNO2. The average Bonchev–Trinajstić information content (AvgIpc) is 2.06. The molecule has 0 unspecified atom stereocenters. The van der Waals surface area contributed by atoms with Crippen LogP contribution >= 0.6 is 11.6 Å². The first kappa shape index (κ1) is 10.3. The molecule has 0 amide bonds. The number of hydrogen-bond donors (Lipinski definition) is 1. The Morgan fingerprint density at radius 1 is 1.47 bits per heavy atom. The standard InChI is InChI=1S/C11H12ClNO2/c1-11(2)5-9(14)7-3-6(12)4-8(13)10(7)15-11/h3-4H,5,13H2,1-2H3. The van der Waals surface area contributed by atoms with Crippen LogP contribution in [-0.4, -0.2) is 11.4 Å². The van der Waals surface area contributed by atoms with Crippen LogP contribution in [0.15, 0.2) is 12.1 Å². The Balaban J connectivity index is 2.60. The maximum absolute atomic E-state index is 11.8. The number of halogens is 1. The topological polar surface area (TPSA) is 52.3 Å². The van der Waals surface area contributed by atoms with Crippen LogP contribution < -0.4 is 10.5 Å². The van der Waals surface area contributed by atoms with Crippen LogP contribution in [0.2, 0.25) is 5.02 Å². The van der Waals surface area contributed by atoms with E-state index in [0.29, 0.717) is 28.4 Å². The van der Waals surface area contributed by atoms with E-state index in [-0.39, 0.29) is 5.78 Å². The van der Waals surface area contributed by atoms with E-state index in [0.717, 1.165) is 0 Å². The minimum atomic E-state index is -0.494. The molecule has 15 heavy (non-hydrogen) atoms. The molecule has 3 nitrogen and oxygen atoms in total. The van der Waals surface area contributed by atoms with Crippen molar-refractivity contribution in [1.82, 2.24) is 0 Å². The fourth-order valence-corrected chi connectivity index (χ4v) is 1.96. The van der Waals surface area contributed by atoms with Gasteiger partial charge in [0.05, 0.1) is 17.7 Å². The van der Waals surface area contributed by atoms with Gasteiger partial charge in [-0.15, -0.1) is 0 Å². The zero-order chi connectivity index (χ0) is 11.2. The van der Waals surface area contributed by atoms with Gasteiger partial charge in [-0.05, 0) is 26.0 Å². The maximum Gasteiger partial charge on any atom is 0.170 e. The van der Waals surface area contributed by atoms with E-state index in [1.54, 1.807) is 12.1 Å². The number of benzene rings is 1. The Morgan fingerprint density at radius 2 is 2.13 bits per heavy atom. The summed E-state index contributed by atoms with van der Waals surface area (Å²) in [5, 5.41) is 0.461. The van der Waals surface area contributed by atoms with Crippen molar-refractivity contribution in [3.63, 3.8) is 0 Å². The molecule has 0 atom stereocenters. The van der Waals surface area contributed by atoms with Gasteiger partial charge in [0, 0.05) is 5.02 Å². The predicted octanol–water partition coefficient (Wildman–Crippen LogP) is 2.67. The summed E-state index contributed by atoms with van der Waals surface area (Å²) in [7, 11) is 0. The van der Waals surface area contributed by atoms with E-state index < -0.39 is 5.60 Å². The van der Waals surface area contributed by atoms with Gasteiger partial charge in [0.2, 0.25) is 0 Å². The lowest BCUT2D eigenvalue weighted by atomic mass is 9.93. The minimum Gasteiger partial charge on any atom is -0.484 e. The lowest BCUT2D eigenvalue weighted by molar-refractivity contribution is 0.0624. The Kier molecular flexibility index (Phi) is 2.15. The number of ketones is 1. The van der Waals surface area contributed by atoms with Crippen LogP contribution in [0.3, 0.4) is 0 Å². The van der Waals surface area contributed by atoms with Crippen LogP contribution in [0.25, 0.3) is 0 Å². The number of carbonyl (C=O) groups excluding carboxylic acids is 1. The molecule has 1 aliphatic rings. The smallest absolute Gasteiger partial charge is 0.170 e. The number of nitrogens with two attached hydrogens (primary N) is 1. The van der Waals surface area contributed by atoms with Crippen molar-refractivity contribution in [2.45, 2.75) is 25.9 Å². The van der Waals surface area contributed by atoms with Gasteiger partial charge in [0.1, 0.15) is 5.60 Å². The minimum absolute atomic E-state index is 0.0236. The SMILES string of the molecule is CC1(C)CC(=O)c2cc(Cl)cc(N)c2O1. The van der Waals surface area contributed by atoms with E-state index in [2.05, 4.69) is 0 Å². The molecule has 80 valence electrons. The van der Waals surface area contributed by atoms with Crippen molar-refractivity contribution in [2.24, 2.45) is 0 Å². The molecule has 2 rings (SSSR count). The van der Waals surface area contributed by atoms with Crippen molar-refractivity contribution in [2.75, 3.05) is 5.73 Å². The molecule has 1 aliphatic heterocycles. The van der Waals surface area contributed by atoms with Crippen LogP contribution in [-0.2, 0) is 0 Å². The molecule has 2 N–H and O–H groups in total. The second kappa shape index (κ2) is 3.14. The van der Waals surface area contributed by atoms with E-state index in [1.807, 2.05) is 13.8 Å². The Hall–Kier alpha value is -1.22. The van der Waals surface area contributed by atoms with Crippen LogP contribution in [0, 0.1) is 0 Å². The summed E-state index contributed by atoms with van der Waals surface area (Å²) >= 11 is 5.83. The molecular weight excluding hydrogens is 214 g/mol. The summed E-state index contributed by atoms with van der Waals surface area (Å²) in [6.07, 6.45) is 0.347. The molecule has 0 saturated carbocycles. The molecule has 0 saturated heterocycles. The summed E-state index contributed by atoms with van der Waals surface area (Å²) in [6.45, 7) is 3.73. The van der Waals surface area contributed by atoms with Gasteiger partial charge in [-0.1, -0.05) is 11.6 Å². The third kappa shape index (κ3) is 1.79. The van der Waals surface area contributed by atoms with E-state index >= 15 is 0 Å². The summed E-state index contributed by atoms with van der Waals surface area (Å²) in [4.78, 5) is 11.8. The number of nitrogen functional groups attached to an aromatic ring is 1. The molecule has 1 aromatic rings. The highest BCUT2D eigenvalue weighted by Gasteiger charge is 2.33. The van der Waals surface area contributed by atoms with E-state index in [9.17, 15) is 4.79 Å². The van der Waals surface area contributed by atoms with Gasteiger partial charge in [-0.2, -0.15) is 0 Å². The van der Waals surface area contributed by atoms with Gasteiger partial charge in [-0.3, -0.25) is 4.79 Å². The Morgan fingerprint density at radius 3 is 2.80 bits per heavy atom. The first-order chi connectivity index (χ1) is 6.89. The predicted molar refractivity (Wildman–Crippen MR) is 59.5 cm³/mol. The summed E-state index contributed by atoms with van der Waals surface area (Å²) < 4.78 is 5.67. The monoisotopic (exact) mass is 225 g/mol. The highest BCUT2D eigenvalue weighted by Crippen LogP contribution is 2.39. The van der Waals surface area contributed by atoms with Gasteiger partial charge in [0.15, 0.2) is 11.5 Å². The number of carbonyl (C=O) groups is 1. The lowest BCUT2D eigenvalue weighted by Crippen LogP contribution is -2.36. The molecule has 0 spiro atoms. The third-order valence-corrected chi connectivity index (χ3v) is 2.57. The number of Topliss-reactive ketones (excluding diaryl/α,β-unsaturated/α-hetero) is 1. The number of fused-ring (bicyclic) bond motifs is 1. The summed E-state index contributed by atoms with van der Waals surface area (Å²) in [5.41, 5.74) is 6.17. The zero-order valence-corrected chi connectivity index (χ0v) is 9.39. The molecule has 1 heterocycles. The highest BCUT2D eigenvalue weighted by atomic mass is 35.5. The third-order valence-electron chi connectivity index (χ3n) is 2.35.